The number of nitrogens with two attached hydrogens (primary N) is 1. The summed E-state index contributed by atoms with van der Waals surface area (Å²) in [5.41, 5.74) is 6.35. The van der Waals surface area contributed by atoms with Crippen LogP contribution in [0.1, 0.15) is 25.9 Å². The molecule has 6 nitrogen and oxygen atoms in total. The number of aromatic nitrogens is 1. The quantitative estimate of drug-likeness (QED) is 0.860. The molecular weight excluding hydrogens is 383 g/mol. The van der Waals surface area contributed by atoms with Crippen molar-refractivity contribution in [1.29, 1.82) is 0 Å². The van der Waals surface area contributed by atoms with Gasteiger partial charge < -0.3 is 15.5 Å². The average Bonchev–Trinajstić information content (AvgIpc) is 3.10. The van der Waals surface area contributed by atoms with E-state index in [2.05, 4.69) is 4.98 Å². The minimum Gasteiger partial charge on any atom is -0.335 e. The second kappa shape index (κ2) is 7.70. The Hall–Kier alpha value is -1.67. The molecule has 132 valence electrons. The second-order valence-electron chi connectivity index (χ2n) is 5.54. The highest BCUT2D eigenvalue weighted by molar-refractivity contribution is 7.09. The first-order valence-electron chi connectivity index (χ1n) is 7.67. The Morgan fingerprint density at radius 1 is 1.12 bits per heavy atom. The Kier molecular flexibility index (Phi) is 5.58. The molecule has 9 heteroatoms. The maximum Gasteiger partial charge on any atom is 0.273 e. The number of hydrogen-bond acceptors (Lipinski definition) is 5. The highest BCUT2D eigenvalue weighted by Crippen LogP contribution is 2.23. The number of halogens is 2. The lowest BCUT2D eigenvalue weighted by Crippen LogP contribution is -2.50. The molecule has 2 aromatic rings. The summed E-state index contributed by atoms with van der Waals surface area (Å²) < 4.78 is 0. The molecule has 0 aliphatic carbocycles. The Morgan fingerprint density at radius 3 is 2.32 bits per heavy atom. The predicted octanol–water partition coefficient (Wildman–Crippen LogP) is 2.51. The first kappa shape index (κ1) is 18.1. The second-order valence-corrected chi connectivity index (χ2v) is 7.33. The SMILES string of the molecule is NCc1nc(C(=O)N2CCN(C(=O)c3ccc(Cl)cc3Cl)CC2)cs1. The zero-order valence-electron chi connectivity index (χ0n) is 13.2. The number of hydrogen-bond donors (Lipinski definition) is 1. The minimum absolute atomic E-state index is 0.132. The van der Waals surface area contributed by atoms with Gasteiger partial charge in [0.15, 0.2) is 0 Å². The molecule has 0 radical (unpaired) electrons. The van der Waals surface area contributed by atoms with Crippen molar-refractivity contribution < 1.29 is 9.59 Å². The molecule has 0 bridgehead atoms. The molecule has 0 spiro atoms. The summed E-state index contributed by atoms with van der Waals surface area (Å²) in [5, 5.41) is 3.26. The van der Waals surface area contributed by atoms with Gasteiger partial charge in [0, 0.05) is 43.1 Å². The van der Waals surface area contributed by atoms with Crippen LogP contribution in [-0.2, 0) is 6.54 Å². The van der Waals surface area contributed by atoms with E-state index in [1.54, 1.807) is 33.4 Å². The molecular formula is C16H16Cl2N4O2S. The number of amides is 2. The fourth-order valence-corrected chi connectivity index (χ4v) is 3.75. The fourth-order valence-electron chi connectivity index (χ4n) is 2.61. The Balaban J connectivity index is 1.63. The number of piperazine rings is 1. The van der Waals surface area contributed by atoms with Crippen molar-refractivity contribution in [1.82, 2.24) is 14.8 Å². The minimum atomic E-state index is -0.159. The highest BCUT2D eigenvalue weighted by atomic mass is 35.5. The summed E-state index contributed by atoms with van der Waals surface area (Å²) in [4.78, 5) is 32.6. The molecule has 2 heterocycles. The zero-order chi connectivity index (χ0) is 18.0. The van der Waals surface area contributed by atoms with Gasteiger partial charge in [-0.1, -0.05) is 23.2 Å². The molecule has 1 fully saturated rings. The fraction of sp³-hybridized carbons (Fsp3) is 0.312. The molecule has 0 saturated carbocycles. The molecule has 1 aliphatic heterocycles. The summed E-state index contributed by atoms with van der Waals surface area (Å²) >= 11 is 13.3. The van der Waals surface area contributed by atoms with E-state index < -0.39 is 0 Å². The maximum absolute atomic E-state index is 12.6. The van der Waals surface area contributed by atoms with E-state index in [0.29, 0.717) is 54.0 Å². The van der Waals surface area contributed by atoms with E-state index in [1.807, 2.05) is 0 Å². The van der Waals surface area contributed by atoms with E-state index in [0.717, 1.165) is 5.01 Å². The van der Waals surface area contributed by atoms with E-state index in [4.69, 9.17) is 28.9 Å². The largest absolute Gasteiger partial charge is 0.335 e. The maximum atomic E-state index is 12.6. The van der Waals surface area contributed by atoms with Gasteiger partial charge in [-0.05, 0) is 18.2 Å². The summed E-state index contributed by atoms with van der Waals surface area (Å²) in [5.74, 6) is -0.291. The van der Waals surface area contributed by atoms with E-state index in [1.165, 1.54) is 11.3 Å². The average molecular weight is 399 g/mol. The molecule has 1 saturated heterocycles. The van der Waals surface area contributed by atoms with Gasteiger partial charge >= 0.3 is 0 Å². The lowest BCUT2D eigenvalue weighted by molar-refractivity contribution is 0.0532. The number of carbonyl (C=O) groups excluding carboxylic acids is 2. The van der Waals surface area contributed by atoms with Crippen molar-refractivity contribution in [3.05, 3.63) is 49.9 Å². The molecule has 1 aromatic heterocycles. The summed E-state index contributed by atoms with van der Waals surface area (Å²) in [6.45, 7) is 2.10. The van der Waals surface area contributed by atoms with Crippen LogP contribution in [0.3, 0.4) is 0 Å². The van der Waals surface area contributed by atoms with Gasteiger partial charge in [-0.2, -0.15) is 0 Å². The van der Waals surface area contributed by atoms with Crippen molar-refractivity contribution in [2.45, 2.75) is 6.54 Å². The van der Waals surface area contributed by atoms with Crippen molar-refractivity contribution in [2.24, 2.45) is 5.73 Å². The standard InChI is InChI=1S/C16H16Cl2N4O2S/c17-10-1-2-11(12(18)7-10)15(23)21-3-5-22(6-4-21)16(24)13-9-25-14(8-19)20-13/h1-2,7,9H,3-6,8,19H2. The normalized spacial score (nSPS) is 14.7. The number of thiazole rings is 1. The van der Waals surface area contributed by atoms with Crippen LogP contribution in [-0.4, -0.2) is 52.8 Å². The Bertz CT molecular complexity index is 803. The lowest BCUT2D eigenvalue weighted by Gasteiger charge is -2.34. The van der Waals surface area contributed by atoms with Gasteiger partial charge in [0.2, 0.25) is 0 Å². The molecule has 2 N–H and O–H groups in total. The molecule has 1 aromatic carbocycles. The summed E-state index contributed by atoms with van der Waals surface area (Å²) in [6, 6.07) is 4.80. The monoisotopic (exact) mass is 398 g/mol. The van der Waals surface area contributed by atoms with Crippen LogP contribution in [0.25, 0.3) is 0 Å². The van der Waals surface area contributed by atoms with Crippen LogP contribution >= 0.6 is 34.5 Å². The van der Waals surface area contributed by atoms with Crippen LogP contribution in [0, 0.1) is 0 Å². The lowest BCUT2D eigenvalue weighted by atomic mass is 10.1. The summed E-state index contributed by atoms with van der Waals surface area (Å²) in [6.07, 6.45) is 0. The van der Waals surface area contributed by atoms with Gasteiger partial charge in [-0.15, -0.1) is 11.3 Å². The molecule has 3 rings (SSSR count). The Labute approximate surface area is 159 Å². The van der Waals surface area contributed by atoms with Crippen molar-refractivity contribution in [2.75, 3.05) is 26.2 Å². The number of benzene rings is 1. The van der Waals surface area contributed by atoms with Gasteiger partial charge in [-0.25, -0.2) is 4.98 Å². The number of nitrogens with zero attached hydrogens (tertiary/aromatic N) is 3. The first-order chi connectivity index (χ1) is 12.0. The number of rotatable bonds is 3. The zero-order valence-corrected chi connectivity index (χ0v) is 15.6. The van der Waals surface area contributed by atoms with E-state index in [-0.39, 0.29) is 11.8 Å². The summed E-state index contributed by atoms with van der Waals surface area (Å²) in [7, 11) is 0. The third-order valence-electron chi connectivity index (χ3n) is 3.96. The molecule has 0 atom stereocenters. The smallest absolute Gasteiger partial charge is 0.273 e. The highest BCUT2D eigenvalue weighted by Gasteiger charge is 2.27. The first-order valence-corrected chi connectivity index (χ1v) is 9.31. The molecule has 25 heavy (non-hydrogen) atoms. The topological polar surface area (TPSA) is 79.5 Å². The van der Waals surface area contributed by atoms with Gasteiger partial charge in [0.1, 0.15) is 10.7 Å². The van der Waals surface area contributed by atoms with Crippen LogP contribution < -0.4 is 5.73 Å². The van der Waals surface area contributed by atoms with E-state index >= 15 is 0 Å². The van der Waals surface area contributed by atoms with Crippen LogP contribution in [0.5, 0.6) is 0 Å². The molecule has 2 amide bonds. The Morgan fingerprint density at radius 2 is 1.76 bits per heavy atom. The van der Waals surface area contributed by atoms with Gasteiger partial charge in [-0.3, -0.25) is 9.59 Å². The van der Waals surface area contributed by atoms with Crippen LogP contribution in [0.2, 0.25) is 10.0 Å². The molecule has 0 unspecified atom stereocenters. The van der Waals surface area contributed by atoms with Crippen LogP contribution in [0.4, 0.5) is 0 Å². The van der Waals surface area contributed by atoms with Crippen LogP contribution in [0.15, 0.2) is 23.6 Å². The third kappa shape index (κ3) is 3.95. The number of carbonyl (C=O) groups is 2. The van der Waals surface area contributed by atoms with Crippen molar-refractivity contribution >= 4 is 46.4 Å². The van der Waals surface area contributed by atoms with Gasteiger partial charge in [0.25, 0.3) is 11.8 Å². The molecule has 1 aliphatic rings. The van der Waals surface area contributed by atoms with E-state index in [9.17, 15) is 9.59 Å². The predicted molar refractivity (Wildman–Crippen MR) is 98.3 cm³/mol. The third-order valence-corrected chi connectivity index (χ3v) is 5.38. The van der Waals surface area contributed by atoms with Gasteiger partial charge in [0.05, 0.1) is 10.6 Å². The van der Waals surface area contributed by atoms with Crippen molar-refractivity contribution in [3.63, 3.8) is 0 Å². The van der Waals surface area contributed by atoms with Crippen molar-refractivity contribution in [3.8, 4) is 0 Å².